The van der Waals surface area contributed by atoms with E-state index < -0.39 is 23.7 Å². The summed E-state index contributed by atoms with van der Waals surface area (Å²) in [7, 11) is 0. The van der Waals surface area contributed by atoms with Crippen molar-refractivity contribution < 1.29 is 19.1 Å². The number of nitrogens with one attached hydrogen (secondary N) is 1. The number of amides is 1. The molecule has 0 saturated carbocycles. The Balaban J connectivity index is 4.48. The van der Waals surface area contributed by atoms with Crippen molar-refractivity contribution in [2.75, 3.05) is 13.2 Å². The minimum absolute atomic E-state index is 0.0871. The van der Waals surface area contributed by atoms with Crippen LogP contribution >= 0.6 is 0 Å². The maximum atomic E-state index is 11.9. The molecule has 6 heteroatoms. The Kier molecular flexibility index (Phi) is 7.83. The van der Waals surface area contributed by atoms with E-state index in [9.17, 15) is 9.59 Å². The highest BCUT2D eigenvalue weighted by Crippen LogP contribution is 2.10. The average Bonchev–Trinajstić information content (AvgIpc) is 2.29. The zero-order valence-electron chi connectivity index (χ0n) is 11.9. The molecule has 0 aliphatic rings. The minimum Gasteiger partial charge on any atom is -0.458 e. The van der Waals surface area contributed by atoms with Gasteiger partial charge in [0.1, 0.15) is 18.2 Å². The molecule has 1 amide bonds. The second-order valence-corrected chi connectivity index (χ2v) is 5.05. The number of ether oxygens (including phenoxy) is 2. The van der Waals surface area contributed by atoms with Gasteiger partial charge in [-0.25, -0.2) is 9.59 Å². The quantitative estimate of drug-likeness (QED) is 0.539. The lowest BCUT2D eigenvalue weighted by atomic mass is 10.1. The number of hydrogen-bond acceptors (Lipinski definition) is 5. The van der Waals surface area contributed by atoms with Crippen LogP contribution in [0.3, 0.4) is 0 Å². The summed E-state index contributed by atoms with van der Waals surface area (Å²) >= 11 is 0. The van der Waals surface area contributed by atoms with E-state index in [0.717, 1.165) is 0 Å². The number of esters is 1. The Morgan fingerprint density at radius 1 is 1.42 bits per heavy atom. The standard InChI is InChI=1S/C13H24N2O4/c1-5-9-18-12(17)15-10(7-6-8-14)11(16)19-13(2,3)4/h5,10H,1,6-9,14H2,2-4H3,(H,15,17)/t10-/m0/s1. The van der Waals surface area contributed by atoms with E-state index in [-0.39, 0.29) is 6.61 Å². The highest BCUT2D eigenvalue weighted by molar-refractivity contribution is 5.81. The van der Waals surface area contributed by atoms with Crippen molar-refractivity contribution in [1.82, 2.24) is 5.32 Å². The van der Waals surface area contributed by atoms with Crippen LogP contribution < -0.4 is 11.1 Å². The van der Waals surface area contributed by atoms with Crippen LogP contribution in [-0.4, -0.2) is 36.9 Å². The van der Waals surface area contributed by atoms with Gasteiger partial charge in [0.15, 0.2) is 0 Å². The Labute approximate surface area is 114 Å². The van der Waals surface area contributed by atoms with Gasteiger partial charge in [0.2, 0.25) is 0 Å². The molecule has 0 unspecified atom stereocenters. The largest absolute Gasteiger partial charge is 0.458 e. The molecular formula is C13H24N2O4. The van der Waals surface area contributed by atoms with E-state index >= 15 is 0 Å². The van der Waals surface area contributed by atoms with Gasteiger partial charge in [-0.15, -0.1) is 0 Å². The molecule has 0 rings (SSSR count). The van der Waals surface area contributed by atoms with Crippen LogP contribution in [0.25, 0.3) is 0 Å². The molecule has 0 heterocycles. The van der Waals surface area contributed by atoms with Gasteiger partial charge in [0.25, 0.3) is 0 Å². The average molecular weight is 272 g/mol. The van der Waals surface area contributed by atoms with Crippen LogP contribution in [0.1, 0.15) is 33.6 Å². The molecule has 0 saturated heterocycles. The summed E-state index contributed by atoms with van der Waals surface area (Å²) in [4.78, 5) is 23.3. The summed E-state index contributed by atoms with van der Waals surface area (Å²) < 4.78 is 10.0. The molecule has 0 aliphatic carbocycles. The van der Waals surface area contributed by atoms with Crippen LogP contribution in [0, 0.1) is 0 Å². The van der Waals surface area contributed by atoms with E-state index in [2.05, 4.69) is 11.9 Å². The predicted octanol–water partition coefficient (Wildman–Crippen LogP) is 1.35. The molecule has 0 spiro atoms. The number of carbonyl (C=O) groups is 2. The highest BCUT2D eigenvalue weighted by atomic mass is 16.6. The first kappa shape index (κ1) is 17.4. The number of rotatable bonds is 7. The molecule has 0 aromatic heterocycles. The Morgan fingerprint density at radius 3 is 2.53 bits per heavy atom. The first-order valence-electron chi connectivity index (χ1n) is 6.27. The smallest absolute Gasteiger partial charge is 0.408 e. The van der Waals surface area contributed by atoms with Crippen LogP contribution in [0.4, 0.5) is 4.79 Å². The van der Waals surface area contributed by atoms with Gasteiger partial charge >= 0.3 is 12.1 Å². The van der Waals surface area contributed by atoms with Crippen molar-refractivity contribution in [2.24, 2.45) is 5.73 Å². The van der Waals surface area contributed by atoms with E-state index in [1.807, 2.05) is 0 Å². The lowest BCUT2D eigenvalue weighted by Crippen LogP contribution is -2.44. The third-order valence-corrected chi connectivity index (χ3v) is 2.01. The molecule has 0 aromatic rings. The molecule has 0 bridgehead atoms. The summed E-state index contributed by atoms with van der Waals surface area (Å²) in [6, 6.07) is -0.750. The number of alkyl carbamates (subject to hydrolysis) is 1. The number of hydrogen-bond donors (Lipinski definition) is 2. The van der Waals surface area contributed by atoms with E-state index in [1.165, 1.54) is 6.08 Å². The first-order valence-corrected chi connectivity index (χ1v) is 6.27. The first-order chi connectivity index (χ1) is 8.80. The van der Waals surface area contributed by atoms with E-state index in [0.29, 0.717) is 19.4 Å². The number of nitrogens with two attached hydrogens (primary N) is 1. The molecule has 19 heavy (non-hydrogen) atoms. The van der Waals surface area contributed by atoms with Gasteiger partial charge in [0.05, 0.1) is 0 Å². The van der Waals surface area contributed by atoms with Gasteiger partial charge in [-0.2, -0.15) is 0 Å². The maximum Gasteiger partial charge on any atom is 0.408 e. The molecule has 0 radical (unpaired) electrons. The third-order valence-electron chi connectivity index (χ3n) is 2.01. The second kappa shape index (κ2) is 8.53. The molecule has 1 atom stereocenters. The molecule has 0 fully saturated rings. The van der Waals surface area contributed by atoms with Crippen LogP contribution in [0.5, 0.6) is 0 Å². The lowest BCUT2D eigenvalue weighted by Gasteiger charge is -2.24. The molecule has 110 valence electrons. The van der Waals surface area contributed by atoms with Crippen molar-refractivity contribution in [3.05, 3.63) is 12.7 Å². The minimum atomic E-state index is -0.750. The van der Waals surface area contributed by atoms with Gasteiger partial charge in [-0.3, -0.25) is 0 Å². The zero-order chi connectivity index (χ0) is 14.9. The highest BCUT2D eigenvalue weighted by Gasteiger charge is 2.26. The summed E-state index contributed by atoms with van der Waals surface area (Å²) in [5.41, 5.74) is 4.80. The van der Waals surface area contributed by atoms with E-state index in [1.54, 1.807) is 20.8 Å². The SMILES string of the molecule is C=CCOC(=O)N[C@@H](CCCN)C(=O)OC(C)(C)C. The Bertz CT molecular complexity index is 310. The van der Waals surface area contributed by atoms with Crippen molar-refractivity contribution >= 4 is 12.1 Å². The van der Waals surface area contributed by atoms with Gasteiger partial charge in [-0.1, -0.05) is 12.7 Å². The van der Waals surface area contributed by atoms with Crippen molar-refractivity contribution in [2.45, 2.75) is 45.3 Å². The summed E-state index contributed by atoms with van der Waals surface area (Å²) in [5.74, 6) is -0.489. The van der Waals surface area contributed by atoms with Crippen LogP contribution in [0.2, 0.25) is 0 Å². The van der Waals surface area contributed by atoms with Crippen molar-refractivity contribution in [1.29, 1.82) is 0 Å². The fraction of sp³-hybridized carbons (Fsp3) is 0.692. The zero-order valence-corrected chi connectivity index (χ0v) is 11.9. The van der Waals surface area contributed by atoms with Crippen molar-refractivity contribution in [3.63, 3.8) is 0 Å². The van der Waals surface area contributed by atoms with Gasteiger partial charge in [-0.05, 0) is 40.2 Å². The van der Waals surface area contributed by atoms with Gasteiger partial charge < -0.3 is 20.5 Å². The summed E-state index contributed by atoms with van der Waals surface area (Å²) in [6.45, 7) is 9.25. The molecule has 0 aromatic carbocycles. The number of carbonyl (C=O) groups excluding carboxylic acids is 2. The molecular weight excluding hydrogens is 248 g/mol. The second-order valence-electron chi connectivity index (χ2n) is 5.05. The molecule has 0 aliphatic heterocycles. The van der Waals surface area contributed by atoms with Crippen LogP contribution in [-0.2, 0) is 14.3 Å². The Hall–Kier alpha value is -1.56. The normalized spacial score (nSPS) is 12.4. The summed E-state index contributed by atoms with van der Waals surface area (Å²) in [6.07, 6.45) is 1.79. The summed E-state index contributed by atoms with van der Waals surface area (Å²) in [5, 5.41) is 2.47. The fourth-order valence-corrected chi connectivity index (χ4v) is 1.26. The fourth-order valence-electron chi connectivity index (χ4n) is 1.26. The Morgan fingerprint density at radius 2 is 2.05 bits per heavy atom. The molecule has 3 N–H and O–H groups in total. The maximum absolute atomic E-state index is 11.9. The van der Waals surface area contributed by atoms with Crippen LogP contribution in [0.15, 0.2) is 12.7 Å². The topological polar surface area (TPSA) is 90.6 Å². The third kappa shape index (κ3) is 9.07. The monoisotopic (exact) mass is 272 g/mol. The predicted molar refractivity (Wildman–Crippen MR) is 72.6 cm³/mol. The molecule has 6 nitrogen and oxygen atoms in total. The van der Waals surface area contributed by atoms with E-state index in [4.69, 9.17) is 15.2 Å². The van der Waals surface area contributed by atoms with Crippen molar-refractivity contribution in [3.8, 4) is 0 Å². The lowest BCUT2D eigenvalue weighted by molar-refractivity contribution is -0.157. The van der Waals surface area contributed by atoms with Gasteiger partial charge in [0, 0.05) is 0 Å².